The van der Waals surface area contributed by atoms with Crippen LogP contribution in [0.4, 0.5) is 10.5 Å². The topological polar surface area (TPSA) is 46.1 Å². The van der Waals surface area contributed by atoms with Crippen molar-refractivity contribution < 1.29 is 4.79 Å². The van der Waals surface area contributed by atoms with E-state index in [1.54, 1.807) is 0 Å². The lowest BCUT2D eigenvalue weighted by atomic mass is 9.78. The minimum absolute atomic E-state index is 0.00709. The van der Waals surface area contributed by atoms with Crippen LogP contribution in [0.25, 0.3) is 10.9 Å². The molecule has 1 aliphatic rings. The molecule has 188 valence electrons. The highest BCUT2D eigenvalue weighted by molar-refractivity contribution is 5.92. The molecule has 0 unspecified atom stereocenters. The lowest BCUT2D eigenvalue weighted by molar-refractivity contribution is 0.248. The molecule has 0 radical (unpaired) electrons. The molecule has 1 aromatic heterocycles. The fourth-order valence-electron chi connectivity index (χ4n) is 5.88. The summed E-state index contributed by atoms with van der Waals surface area (Å²) in [5, 5.41) is 7.90. The smallest absolute Gasteiger partial charge is 0.319 e. The van der Waals surface area contributed by atoms with Gasteiger partial charge in [-0.15, -0.1) is 0 Å². The normalized spacial score (nSPS) is 15.3. The SMILES string of the molecule is CCCCn1cc(C2(CNC(=O)Nc3c(C(C)C)cccc3C(C)C)CCCC2)c2ccccc21. The van der Waals surface area contributed by atoms with E-state index in [-0.39, 0.29) is 11.4 Å². The first-order valence-electron chi connectivity index (χ1n) is 13.6. The summed E-state index contributed by atoms with van der Waals surface area (Å²) in [4.78, 5) is 13.3. The second-order valence-electron chi connectivity index (χ2n) is 11.0. The zero-order valence-electron chi connectivity index (χ0n) is 22.3. The summed E-state index contributed by atoms with van der Waals surface area (Å²) >= 11 is 0. The second kappa shape index (κ2) is 10.9. The Morgan fingerprint density at radius 2 is 1.63 bits per heavy atom. The molecule has 0 bridgehead atoms. The number of para-hydroxylation sites is 2. The van der Waals surface area contributed by atoms with Crippen LogP contribution in [0.1, 0.15) is 102 Å². The second-order valence-corrected chi connectivity index (χ2v) is 11.0. The molecule has 35 heavy (non-hydrogen) atoms. The maximum Gasteiger partial charge on any atom is 0.319 e. The Kier molecular flexibility index (Phi) is 7.88. The first kappa shape index (κ1) is 25.3. The molecule has 0 atom stereocenters. The lowest BCUT2D eigenvalue weighted by Crippen LogP contribution is -2.41. The minimum atomic E-state index is -0.0963. The van der Waals surface area contributed by atoms with Gasteiger partial charge in [0.15, 0.2) is 0 Å². The van der Waals surface area contributed by atoms with Gasteiger partial charge in [0, 0.05) is 41.3 Å². The average molecular weight is 474 g/mol. The van der Waals surface area contributed by atoms with Gasteiger partial charge in [-0.3, -0.25) is 0 Å². The molecule has 1 heterocycles. The molecule has 4 heteroatoms. The highest BCUT2D eigenvalue weighted by atomic mass is 16.2. The van der Waals surface area contributed by atoms with Crippen molar-refractivity contribution in [2.75, 3.05) is 11.9 Å². The van der Waals surface area contributed by atoms with E-state index in [4.69, 9.17) is 0 Å². The van der Waals surface area contributed by atoms with Crippen molar-refractivity contribution in [3.63, 3.8) is 0 Å². The van der Waals surface area contributed by atoms with Crippen LogP contribution in [0.15, 0.2) is 48.7 Å². The molecule has 1 saturated carbocycles. The predicted octanol–water partition coefficient (Wildman–Crippen LogP) is 8.32. The number of hydrogen-bond donors (Lipinski definition) is 2. The number of amides is 2. The third-order valence-corrected chi connectivity index (χ3v) is 7.87. The predicted molar refractivity (Wildman–Crippen MR) is 149 cm³/mol. The Balaban J connectivity index is 1.59. The molecule has 0 saturated heterocycles. The molecule has 0 aliphatic heterocycles. The van der Waals surface area contributed by atoms with E-state index in [9.17, 15) is 4.79 Å². The van der Waals surface area contributed by atoms with Crippen LogP contribution in [-0.2, 0) is 12.0 Å². The van der Waals surface area contributed by atoms with Gasteiger partial charge < -0.3 is 15.2 Å². The first-order chi connectivity index (χ1) is 16.9. The Morgan fingerprint density at radius 3 is 2.26 bits per heavy atom. The van der Waals surface area contributed by atoms with Gasteiger partial charge in [0.05, 0.1) is 0 Å². The zero-order valence-corrected chi connectivity index (χ0v) is 22.3. The highest BCUT2D eigenvalue weighted by Gasteiger charge is 2.38. The van der Waals surface area contributed by atoms with Gasteiger partial charge >= 0.3 is 6.03 Å². The van der Waals surface area contributed by atoms with E-state index in [0.29, 0.717) is 18.4 Å². The van der Waals surface area contributed by atoms with Gasteiger partial charge in [-0.1, -0.05) is 90.3 Å². The molecule has 2 N–H and O–H groups in total. The number of nitrogens with one attached hydrogen (secondary N) is 2. The molecule has 2 amide bonds. The van der Waals surface area contributed by atoms with Crippen molar-refractivity contribution >= 4 is 22.6 Å². The van der Waals surface area contributed by atoms with Gasteiger partial charge in [0.1, 0.15) is 0 Å². The number of aromatic nitrogens is 1. The van der Waals surface area contributed by atoms with Crippen molar-refractivity contribution in [2.24, 2.45) is 0 Å². The van der Waals surface area contributed by atoms with Crippen LogP contribution >= 0.6 is 0 Å². The monoisotopic (exact) mass is 473 g/mol. The maximum atomic E-state index is 13.3. The van der Waals surface area contributed by atoms with Crippen LogP contribution in [0.3, 0.4) is 0 Å². The van der Waals surface area contributed by atoms with Gasteiger partial charge in [-0.05, 0) is 53.9 Å². The van der Waals surface area contributed by atoms with Crippen LogP contribution in [0.5, 0.6) is 0 Å². The minimum Gasteiger partial charge on any atom is -0.347 e. The Morgan fingerprint density at radius 1 is 0.971 bits per heavy atom. The third-order valence-electron chi connectivity index (χ3n) is 7.87. The summed E-state index contributed by atoms with van der Waals surface area (Å²) in [5.41, 5.74) is 6.09. The highest BCUT2D eigenvalue weighted by Crippen LogP contribution is 2.44. The Labute approximate surface area is 211 Å². The maximum absolute atomic E-state index is 13.3. The molecule has 0 spiro atoms. The van der Waals surface area contributed by atoms with E-state index in [2.05, 4.69) is 98.5 Å². The summed E-state index contributed by atoms with van der Waals surface area (Å²) in [7, 11) is 0. The Hall–Kier alpha value is -2.75. The standard InChI is InChI=1S/C31H43N3O/c1-6-7-19-34-20-27(26-13-8-9-16-28(26)34)31(17-10-11-18-31)21-32-30(35)33-29-24(22(2)3)14-12-15-25(29)23(4)5/h8-9,12-16,20,22-23H,6-7,10-11,17-19,21H2,1-5H3,(H2,32,33,35). The van der Waals surface area contributed by atoms with Gasteiger partial charge in [0.25, 0.3) is 0 Å². The van der Waals surface area contributed by atoms with Crippen LogP contribution < -0.4 is 10.6 Å². The van der Waals surface area contributed by atoms with Crippen molar-refractivity contribution in [2.45, 2.75) is 96.9 Å². The summed E-state index contributed by atoms with van der Waals surface area (Å²) in [6.45, 7) is 12.7. The number of carbonyl (C=O) groups excluding carboxylic acids is 1. The number of anilines is 1. The quantitative estimate of drug-likeness (QED) is 0.322. The number of aryl methyl sites for hydroxylation is 1. The average Bonchev–Trinajstić information content (AvgIpc) is 3.47. The molecule has 1 aliphatic carbocycles. The van der Waals surface area contributed by atoms with E-state index >= 15 is 0 Å². The van der Waals surface area contributed by atoms with E-state index in [1.807, 2.05) is 0 Å². The zero-order chi connectivity index (χ0) is 25.0. The van der Waals surface area contributed by atoms with Crippen LogP contribution in [0.2, 0.25) is 0 Å². The van der Waals surface area contributed by atoms with Crippen LogP contribution in [0, 0.1) is 0 Å². The number of hydrogen-bond acceptors (Lipinski definition) is 1. The third kappa shape index (κ3) is 5.27. The van der Waals surface area contributed by atoms with E-state index < -0.39 is 0 Å². The number of nitrogens with zero attached hydrogens (tertiary/aromatic N) is 1. The largest absolute Gasteiger partial charge is 0.347 e. The molecular formula is C31H43N3O. The van der Waals surface area contributed by atoms with Gasteiger partial charge in [-0.2, -0.15) is 0 Å². The van der Waals surface area contributed by atoms with Crippen LogP contribution in [-0.4, -0.2) is 17.1 Å². The lowest BCUT2D eigenvalue weighted by Gasteiger charge is -2.30. The Bertz CT molecular complexity index is 1120. The fourth-order valence-corrected chi connectivity index (χ4v) is 5.88. The molecule has 2 aromatic carbocycles. The van der Waals surface area contributed by atoms with E-state index in [0.717, 1.165) is 25.1 Å². The van der Waals surface area contributed by atoms with Gasteiger partial charge in [0.2, 0.25) is 0 Å². The van der Waals surface area contributed by atoms with Crippen molar-refractivity contribution in [3.8, 4) is 0 Å². The summed E-state index contributed by atoms with van der Waals surface area (Å²) < 4.78 is 2.43. The van der Waals surface area contributed by atoms with Crippen molar-refractivity contribution in [3.05, 3.63) is 65.4 Å². The van der Waals surface area contributed by atoms with Crippen molar-refractivity contribution in [1.29, 1.82) is 0 Å². The number of rotatable bonds is 9. The number of unbranched alkanes of at least 4 members (excludes halogenated alkanes) is 1. The first-order valence-corrected chi connectivity index (χ1v) is 13.6. The molecular weight excluding hydrogens is 430 g/mol. The summed E-state index contributed by atoms with van der Waals surface area (Å²) in [5.74, 6) is 0.693. The molecule has 1 fully saturated rings. The number of urea groups is 1. The van der Waals surface area contributed by atoms with Crippen molar-refractivity contribution in [1.82, 2.24) is 9.88 Å². The summed E-state index contributed by atoms with van der Waals surface area (Å²) in [6.07, 6.45) is 9.42. The summed E-state index contributed by atoms with van der Waals surface area (Å²) in [6, 6.07) is 15.1. The van der Waals surface area contributed by atoms with Gasteiger partial charge in [-0.25, -0.2) is 4.79 Å². The molecule has 3 aromatic rings. The number of benzene rings is 2. The number of carbonyl (C=O) groups is 1. The molecule has 4 nitrogen and oxygen atoms in total. The van der Waals surface area contributed by atoms with E-state index in [1.165, 1.54) is 53.3 Å². The number of fused-ring (bicyclic) bond motifs is 1. The molecule has 4 rings (SSSR count). The fraction of sp³-hybridized carbons (Fsp3) is 0.516.